The molecule has 3 aliphatic heterocycles. The molecule has 9 heteroatoms. The molecule has 2 fully saturated rings. The van der Waals surface area contributed by atoms with E-state index >= 15 is 0 Å². The minimum absolute atomic E-state index is 0.0323. The smallest absolute Gasteiger partial charge is 0.270 e. The number of carbonyl (C=O) groups excluding carboxylic acids is 4. The van der Waals surface area contributed by atoms with Gasteiger partial charge in [0.25, 0.3) is 11.8 Å². The first kappa shape index (κ1) is 23.9. The predicted molar refractivity (Wildman–Crippen MR) is 138 cm³/mol. The van der Waals surface area contributed by atoms with Gasteiger partial charge in [0.2, 0.25) is 11.8 Å². The van der Waals surface area contributed by atoms with Crippen molar-refractivity contribution in [1.82, 2.24) is 20.1 Å². The zero-order chi connectivity index (χ0) is 26.6. The molecule has 2 aromatic carbocycles. The number of amides is 4. The monoisotopic (exact) mass is 509 g/mol. The second-order valence-electron chi connectivity index (χ2n) is 10.4. The maximum Gasteiger partial charge on any atom is 0.270 e. The SMILES string of the molecule is Cc1c(C(=O)N2CCC(c3ccc4c(c3)CN(C3CCC(=O)NC3=O)C4=O)CC2)[nH]c2cc(C#N)ccc12. The Labute approximate surface area is 219 Å². The van der Waals surface area contributed by atoms with Gasteiger partial charge >= 0.3 is 0 Å². The van der Waals surface area contributed by atoms with E-state index in [1.807, 2.05) is 30.0 Å². The molecule has 0 spiro atoms. The molecule has 0 saturated carbocycles. The summed E-state index contributed by atoms with van der Waals surface area (Å²) < 4.78 is 0. The first-order valence-electron chi connectivity index (χ1n) is 12.9. The quantitative estimate of drug-likeness (QED) is 0.525. The molecule has 9 nitrogen and oxygen atoms in total. The molecule has 3 aromatic rings. The van der Waals surface area contributed by atoms with Gasteiger partial charge in [-0.1, -0.05) is 18.2 Å². The normalized spacial score (nSPS) is 20.0. The van der Waals surface area contributed by atoms with E-state index in [1.54, 1.807) is 17.0 Å². The van der Waals surface area contributed by atoms with Crippen LogP contribution in [0, 0.1) is 18.3 Å². The number of carbonyl (C=O) groups is 4. The van der Waals surface area contributed by atoms with Crippen LogP contribution in [-0.4, -0.2) is 57.5 Å². The Balaban J connectivity index is 1.13. The number of imide groups is 1. The number of rotatable bonds is 3. The van der Waals surface area contributed by atoms with Gasteiger partial charge in [0.05, 0.1) is 11.6 Å². The molecule has 3 aliphatic rings. The van der Waals surface area contributed by atoms with Gasteiger partial charge in [-0.05, 0) is 67.0 Å². The topological polar surface area (TPSA) is 126 Å². The Morgan fingerprint density at radius 3 is 2.58 bits per heavy atom. The van der Waals surface area contributed by atoms with Crippen molar-refractivity contribution in [2.75, 3.05) is 13.1 Å². The lowest BCUT2D eigenvalue weighted by atomic mass is 9.87. The number of benzene rings is 2. The van der Waals surface area contributed by atoms with E-state index in [0.29, 0.717) is 42.9 Å². The molecule has 0 bridgehead atoms. The van der Waals surface area contributed by atoms with Gasteiger partial charge in [-0.3, -0.25) is 24.5 Å². The summed E-state index contributed by atoms with van der Waals surface area (Å²) in [4.78, 5) is 56.8. The van der Waals surface area contributed by atoms with Crippen molar-refractivity contribution < 1.29 is 19.2 Å². The van der Waals surface area contributed by atoms with E-state index in [0.717, 1.165) is 40.4 Å². The second kappa shape index (κ2) is 9.14. The maximum absolute atomic E-state index is 13.3. The third-order valence-corrected chi connectivity index (χ3v) is 8.20. The molecule has 0 radical (unpaired) electrons. The fraction of sp³-hybridized carbons (Fsp3) is 0.345. The maximum atomic E-state index is 13.3. The van der Waals surface area contributed by atoms with Crippen molar-refractivity contribution in [1.29, 1.82) is 5.26 Å². The Morgan fingerprint density at radius 2 is 1.84 bits per heavy atom. The third-order valence-electron chi connectivity index (χ3n) is 8.20. The molecule has 1 atom stereocenters. The van der Waals surface area contributed by atoms with E-state index in [-0.39, 0.29) is 30.1 Å². The van der Waals surface area contributed by atoms with Gasteiger partial charge in [0.1, 0.15) is 11.7 Å². The number of nitrogens with one attached hydrogen (secondary N) is 2. The van der Waals surface area contributed by atoms with Gasteiger partial charge < -0.3 is 14.8 Å². The summed E-state index contributed by atoms with van der Waals surface area (Å²) in [6.45, 7) is 3.54. The molecular weight excluding hydrogens is 482 g/mol. The van der Waals surface area contributed by atoms with E-state index < -0.39 is 11.9 Å². The number of likely N-dealkylation sites (tertiary alicyclic amines) is 1. The van der Waals surface area contributed by atoms with Crippen LogP contribution in [0.15, 0.2) is 36.4 Å². The lowest BCUT2D eigenvalue weighted by Crippen LogP contribution is -2.52. The first-order valence-corrected chi connectivity index (χ1v) is 12.9. The van der Waals surface area contributed by atoms with Crippen molar-refractivity contribution in [3.05, 3.63) is 69.9 Å². The van der Waals surface area contributed by atoms with E-state index in [1.165, 1.54) is 0 Å². The van der Waals surface area contributed by atoms with Crippen LogP contribution in [0.1, 0.15) is 74.7 Å². The number of hydrogen-bond donors (Lipinski definition) is 2. The van der Waals surface area contributed by atoms with E-state index in [9.17, 15) is 24.4 Å². The van der Waals surface area contributed by atoms with E-state index in [4.69, 9.17) is 0 Å². The standard InChI is InChI=1S/C29H27N5O4/c1-16-21-4-2-17(14-30)12-23(21)31-26(16)29(38)33-10-8-18(9-11-33)19-3-5-22-20(13-19)15-34(28(22)37)24-6-7-25(35)32-27(24)36/h2-5,12-13,18,24,31H,6-11,15H2,1H3,(H,32,35,36). The van der Waals surface area contributed by atoms with Crippen LogP contribution < -0.4 is 5.32 Å². The predicted octanol–water partition coefficient (Wildman–Crippen LogP) is 3.13. The summed E-state index contributed by atoms with van der Waals surface area (Å²) in [5.74, 6) is -0.635. The van der Waals surface area contributed by atoms with Crippen molar-refractivity contribution in [2.24, 2.45) is 0 Å². The summed E-state index contributed by atoms with van der Waals surface area (Å²) >= 11 is 0. The minimum atomic E-state index is -0.620. The summed E-state index contributed by atoms with van der Waals surface area (Å²) in [5, 5.41) is 12.5. The number of piperidine rings is 2. The number of aromatic amines is 1. The van der Waals surface area contributed by atoms with E-state index in [2.05, 4.69) is 22.4 Å². The van der Waals surface area contributed by atoms with Gasteiger partial charge in [0, 0.05) is 42.5 Å². The lowest BCUT2D eigenvalue weighted by molar-refractivity contribution is -0.136. The summed E-state index contributed by atoms with van der Waals surface area (Å²) in [5.41, 5.74) is 5.45. The minimum Gasteiger partial charge on any atom is -0.350 e. The molecule has 6 rings (SSSR count). The third kappa shape index (κ3) is 3.93. The molecule has 192 valence electrons. The number of hydrogen-bond acceptors (Lipinski definition) is 5. The molecule has 1 unspecified atom stereocenters. The van der Waals surface area contributed by atoms with Crippen LogP contribution in [-0.2, 0) is 16.1 Å². The molecule has 38 heavy (non-hydrogen) atoms. The Morgan fingerprint density at radius 1 is 1.05 bits per heavy atom. The second-order valence-corrected chi connectivity index (χ2v) is 10.4. The van der Waals surface area contributed by atoms with Gasteiger partial charge in [-0.15, -0.1) is 0 Å². The first-order chi connectivity index (χ1) is 18.3. The Kier molecular flexibility index (Phi) is 5.75. The van der Waals surface area contributed by atoms with Gasteiger partial charge in [-0.25, -0.2) is 0 Å². The number of nitriles is 1. The van der Waals surface area contributed by atoms with Gasteiger partial charge in [0.15, 0.2) is 0 Å². The summed E-state index contributed by atoms with van der Waals surface area (Å²) in [7, 11) is 0. The highest BCUT2D eigenvalue weighted by Crippen LogP contribution is 2.34. The van der Waals surface area contributed by atoms with Crippen molar-refractivity contribution in [3.63, 3.8) is 0 Å². The summed E-state index contributed by atoms with van der Waals surface area (Å²) in [6, 6.07) is 12.8. The fourth-order valence-corrected chi connectivity index (χ4v) is 6.04. The highest BCUT2D eigenvalue weighted by molar-refractivity contribution is 6.05. The number of H-pyrrole nitrogens is 1. The van der Waals surface area contributed by atoms with Crippen LogP contribution in [0.2, 0.25) is 0 Å². The van der Waals surface area contributed by atoms with Gasteiger partial charge in [-0.2, -0.15) is 5.26 Å². The zero-order valence-electron chi connectivity index (χ0n) is 21.0. The summed E-state index contributed by atoms with van der Waals surface area (Å²) in [6.07, 6.45) is 2.21. The molecule has 1 aromatic heterocycles. The highest BCUT2D eigenvalue weighted by atomic mass is 16.2. The Hall–Kier alpha value is -4.45. The number of fused-ring (bicyclic) bond motifs is 2. The molecule has 2 saturated heterocycles. The molecule has 4 amide bonds. The molecule has 2 N–H and O–H groups in total. The average Bonchev–Trinajstić information content (AvgIpc) is 3.44. The largest absolute Gasteiger partial charge is 0.350 e. The fourth-order valence-electron chi connectivity index (χ4n) is 6.04. The van der Waals surface area contributed by atoms with Crippen molar-refractivity contribution >= 4 is 34.5 Å². The number of aromatic nitrogens is 1. The molecule has 0 aliphatic carbocycles. The lowest BCUT2D eigenvalue weighted by Gasteiger charge is -2.32. The van der Waals surface area contributed by atoms with Crippen LogP contribution in [0.5, 0.6) is 0 Å². The average molecular weight is 510 g/mol. The zero-order valence-corrected chi connectivity index (χ0v) is 21.0. The van der Waals surface area contributed by atoms with Crippen LogP contribution in [0.25, 0.3) is 10.9 Å². The Bertz CT molecular complexity index is 1560. The highest BCUT2D eigenvalue weighted by Gasteiger charge is 2.39. The van der Waals surface area contributed by atoms with Crippen LogP contribution >= 0.6 is 0 Å². The van der Waals surface area contributed by atoms with Crippen molar-refractivity contribution in [2.45, 2.75) is 51.1 Å². The number of nitrogens with zero attached hydrogens (tertiary/aromatic N) is 3. The van der Waals surface area contributed by atoms with Crippen LogP contribution in [0.3, 0.4) is 0 Å². The number of aryl methyl sites for hydroxylation is 1. The molecule has 4 heterocycles. The molecular formula is C29H27N5O4. The van der Waals surface area contributed by atoms with Crippen LogP contribution in [0.4, 0.5) is 0 Å². The van der Waals surface area contributed by atoms with Crippen molar-refractivity contribution in [3.8, 4) is 6.07 Å².